The first kappa shape index (κ1) is 22.9. The van der Waals surface area contributed by atoms with Gasteiger partial charge in [-0.2, -0.15) is 0 Å². The van der Waals surface area contributed by atoms with Crippen molar-refractivity contribution in [2.24, 2.45) is 0 Å². The highest BCUT2D eigenvalue weighted by Crippen LogP contribution is 2.36. The van der Waals surface area contributed by atoms with Crippen LogP contribution in [0.5, 0.6) is 11.5 Å². The molecule has 2 heterocycles. The number of benzene rings is 1. The fourth-order valence-corrected chi connectivity index (χ4v) is 3.60. The van der Waals surface area contributed by atoms with E-state index in [0.717, 1.165) is 0 Å². The first-order valence-corrected chi connectivity index (χ1v) is 10.2. The smallest absolute Gasteiger partial charge is 0.411 e. The van der Waals surface area contributed by atoms with Gasteiger partial charge in [-0.1, -0.05) is 11.6 Å². The number of rotatable bonds is 4. The first-order chi connectivity index (χ1) is 14.5. The number of amides is 2. The number of likely N-dealkylation sites (N-methyl/N-ethyl adjacent to an activating group) is 1. The molecule has 0 spiro atoms. The summed E-state index contributed by atoms with van der Waals surface area (Å²) in [5.74, 6) is 0.703. The predicted octanol–water partition coefficient (Wildman–Crippen LogP) is 3.14. The highest BCUT2D eigenvalue weighted by atomic mass is 35.5. The zero-order valence-corrected chi connectivity index (χ0v) is 19.3. The molecule has 168 valence electrons. The molecule has 0 saturated carbocycles. The Labute approximate surface area is 186 Å². The number of methoxy groups -OCH3 is 1. The Balaban J connectivity index is 1.88. The number of carbonyl (C=O) groups excluding carboxylic acids is 2. The van der Waals surface area contributed by atoms with Crippen LogP contribution in [0.2, 0.25) is 5.15 Å². The molecule has 2 atom stereocenters. The van der Waals surface area contributed by atoms with E-state index in [9.17, 15) is 9.59 Å². The van der Waals surface area contributed by atoms with Gasteiger partial charge in [-0.3, -0.25) is 9.69 Å². The number of hydrogen-bond donors (Lipinski definition) is 0. The van der Waals surface area contributed by atoms with Crippen LogP contribution in [0.4, 0.5) is 4.79 Å². The van der Waals surface area contributed by atoms with Gasteiger partial charge in [0.1, 0.15) is 29.2 Å². The Morgan fingerprint density at radius 3 is 2.52 bits per heavy atom. The average molecular weight is 451 g/mol. The maximum atomic E-state index is 12.8. The van der Waals surface area contributed by atoms with Gasteiger partial charge in [0.2, 0.25) is 5.91 Å². The van der Waals surface area contributed by atoms with Crippen molar-refractivity contribution in [1.82, 2.24) is 19.8 Å². The van der Waals surface area contributed by atoms with Gasteiger partial charge in [0.25, 0.3) is 0 Å². The quantitative estimate of drug-likeness (QED) is 0.660. The summed E-state index contributed by atoms with van der Waals surface area (Å²) < 4.78 is 17.1. The number of carbonyl (C=O) groups is 2. The van der Waals surface area contributed by atoms with E-state index in [1.54, 1.807) is 47.0 Å². The van der Waals surface area contributed by atoms with Crippen LogP contribution in [0.25, 0.3) is 10.9 Å². The second-order valence-electron chi connectivity index (χ2n) is 8.54. The molecule has 0 radical (unpaired) electrons. The van der Waals surface area contributed by atoms with E-state index < -0.39 is 23.8 Å². The standard InChI is InChI=1S/C21H27ClN4O5/c1-21(2,3)31-20(28)26-10-12(7-15(26)19(27)25(4)5)30-17-9-14-13(8-16(17)29-6)18(22)24-11-23-14/h8-9,11-12,15H,7,10H2,1-6H3. The van der Waals surface area contributed by atoms with Gasteiger partial charge in [0, 0.05) is 32.0 Å². The van der Waals surface area contributed by atoms with Gasteiger partial charge in [0.15, 0.2) is 11.5 Å². The van der Waals surface area contributed by atoms with E-state index in [0.29, 0.717) is 34.0 Å². The molecule has 2 unspecified atom stereocenters. The lowest BCUT2D eigenvalue weighted by Gasteiger charge is -2.28. The van der Waals surface area contributed by atoms with Crippen molar-refractivity contribution >= 4 is 34.5 Å². The summed E-state index contributed by atoms with van der Waals surface area (Å²) in [4.78, 5) is 36.6. The minimum absolute atomic E-state index is 0.193. The fourth-order valence-electron chi connectivity index (χ4n) is 3.40. The molecular formula is C21H27ClN4O5. The molecule has 10 heteroatoms. The Morgan fingerprint density at radius 2 is 1.90 bits per heavy atom. The van der Waals surface area contributed by atoms with Crippen molar-refractivity contribution in [1.29, 1.82) is 0 Å². The van der Waals surface area contributed by atoms with Crippen molar-refractivity contribution in [2.75, 3.05) is 27.7 Å². The van der Waals surface area contributed by atoms with Crippen molar-refractivity contribution in [2.45, 2.75) is 44.9 Å². The van der Waals surface area contributed by atoms with Gasteiger partial charge < -0.3 is 19.1 Å². The maximum Gasteiger partial charge on any atom is 0.411 e. The van der Waals surface area contributed by atoms with Gasteiger partial charge in [-0.05, 0) is 26.8 Å². The van der Waals surface area contributed by atoms with Crippen molar-refractivity contribution in [3.8, 4) is 11.5 Å². The van der Waals surface area contributed by atoms with E-state index in [-0.39, 0.29) is 12.5 Å². The number of halogens is 1. The first-order valence-electron chi connectivity index (χ1n) is 9.86. The molecule has 1 aromatic carbocycles. The SMILES string of the molecule is COc1cc2c(Cl)ncnc2cc1OC1CC(C(=O)N(C)C)N(C(=O)OC(C)(C)C)C1. The van der Waals surface area contributed by atoms with Crippen molar-refractivity contribution in [3.05, 3.63) is 23.6 Å². The second-order valence-corrected chi connectivity index (χ2v) is 8.90. The molecule has 1 saturated heterocycles. The van der Waals surface area contributed by atoms with Crippen LogP contribution in [0.3, 0.4) is 0 Å². The van der Waals surface area contributed by atoms with Crippen molar-refractivity contribution in [3.63, 3.8) is 0 Å². The Bertz CT molecular complexity index is 992. The predicted molar refractivity (Wildman–Crippen MR) is 116 cm³/mol. The fraction of sp³-hybridized carbons (Fsp3) is 0.524. The topological polar surface area (TPSA) is 94.1 Å². The molecule has 0 N–H and O–H groups in total. The van der Waals surface area contributed by atoms with E-state index in [2.05, 4.69) is 9.97 Å². The molecule has 2 amide bonds. The van der Waals surface area contributed by atoms with Gasteiger partial charge >= 0.3 is 6.09 Å². The maximum absolute atomic E-state index is 12.8. The van der Waals surface area contributed by atoms with Gasteiger partial charge in [-0.25, -0.2) is 14.8 Å². The highest BCUT2D eigenvalue weighted by molar-refractivity contribution is 6.34. The summed E-state index contributed by atoms with van der Waals surface area (Å²) >= 11 is 6.15. The number of aromatic nitrogens is 2. The Morgan fingerprint density at radius 1 is 1.19 bits per heavy atom. The molecule has 2 aromatic rings. The molecule has 1 aliphatic heterocycles. The average Bonchev–Trinajstić information content (AvgIpc) is 3.09. The molecular weight excluding hydrogens is 424 g/mol. The summed E-state index contributed by atoms with van der Waals surface area (Å²) in [6.07, 6.45) is 0.697. The zero-order chi connectivity index (χ0) is 22.9. The summed E-state index contributed by atoms with van der Waals surface area (Å²) in [5, 5.41) is 0.944. The van der Waals surface area contributed by atoms with E-state index in [1.165, 1.54) is 23.2 Å². The monoisotopic (exact) mass is 450 g/mol. The minimum Gasteiger partial charge on any atom is -0.493 e. The molecule has 0 bridgehead atoms. The molecule has 3 rings (SSSR count). The van der Waals surface area contributed by atoms with Crippen molar-refractivity contribution < 1.29 is 23.8 Å². The normalized spacial score (nSPS) is 18.7. The summed E-state index contributed by atoms with van der Waals surface area (Å²) in [7, 11) is 4.82. The van der Waals surface area contributed by atoms with Crippen LogP contribution in [0.1, 0.15) is 27.2 Å². The zero-order valence-electron chi connectivity index (χ0n) is 18.5. The highest BCUT2D eigenvalue weighted by Gasteiger charge is 2.43. The lowest BCUT2D eigenvalue weighted by molar-refractivity contribution is -0.133. The lowest BCUT2D eigenvalue weighted by atomic mass is 10.1. The van der Waals surface area contributed by atoms with Crippen LogP contribution in [-0.2, 0) is 9.53 Å². The van der Waals surface area contributed by atoms with E-state index >= 15 is 0 Å². The summed E-state index contributed by atoms with van der Waals surface area (Å²) in [5.41, 5.74) is -0.0823. The summed E-state index contributed by atoms with van der Waals surface area (Å²) in [6.45, 7) is 5.55. The van der Waals surface area contributed by atoms with E-state index in [4.69, 9.17) is 25.8 Å². The lowest BCUT2D eigenvalue weighted by Crippen LogP contribution is -2.47. The molecule has 31 heavy (non-hydrogen) atoms. The van der Waals surface area contributed by atoms with Crippen LogP contribution in [0, 0.1) is 0 Å². The molecule has 1 fully saturated rings. The number of likely N-dealkylation sites (tertiary alicyclic amines) is 1. The Kier molecular flexibility index (Phi) is 6.45. The summed E-state index contributed by atoms with van der Waals surface area (Å²) in [6, 6.07) is 2.73. The second kappa shape index (κ2) is 8.74. The number of fused-ring (bicyclic) bond motifs is 1. The minimum atomic E-state index is -0.682. The third kappa shape index (κ3) is 5.10. The Hall–Kier alpha value is -2.81. The molecule has 9 nitrogen and oxygen atoms in total. The molecule has 1 aromatic heterocycles. The van der Waals surface area contributed by atoms with Gasteiger partial charge in [-0.15, -0.1) is 0 Å². The van der Waals surface area contributed by atoms with E-state index in [1.807, 2.05) is 0 Å². The largest absolute Gasteiger partial charge is 0.493 e. The third-order valence-electron chi connectivity index (χ3n) is 4.78. The van der Waals surface area contributed by atoms with Crippen LogP contribution < -0.4 is 9.47 Å². The molecule has 1 aliphatic rings. The van der Waals surface area contributed by atoms with Crippen LogP contribution >= 0.6 is 11.6 Å². The van der Waals surface area contributed by atoms with Gasteiger partial charge in [0.05, 0.1) is 19.2 Å². The van der Waals surface area contributed by atoms with Crippen LogP contribution in [0.15, 0.2) is 18.5 Å². The number of nitrogens with zero attached hydrogens (tertiary/aromatic N) is 4. The van der Waals surface area contributed by atoms with Crippen LogP contribution in [-0.4, -0.2) is 77.3 Å². The number of hydrogen-bond acceptors (Lipinski definition) is 7. The third-order valence-corrected chi connectivity index (χ3v) is 5.08. The molecule has 0 aliphatic carbocycles. The number of ether oxygens (including phenoxy) is 3.